The first-order valence-corrected chi connectivity index (χ1v) is 8.31. The van der Waals surface area contributed by atoms with Gasteiger partial charge in [-0.15, -0.1) is 0 Å². The maximum atomic E-state index is 10.8. The predicted octanol–water partition coefficient (Wildman–Crippen LogP) is 0.0839. The van der Waals surface area contributed by atoms with Gasteiger partial charge < -0.3 is 30.1 Å². The molecular formula is C11H19N6O4P. The Morgan fingerprint density at radius 1 is 1.36 bits per heavy atom. The van der Waals surface area contributed by atoms with Gasteiger partial charge in [0, 0.05) is 20.5 Å². The Kier molecular flexibility index (Phi) is 4.66. The largest absolute Gasteiger partial charge is 0.368 e. The number of nitrogens with zero attached hydrogens (tertiary/aromatic N) is 4. The summed E-state index contributed by atoms with van der Waals surface area (Å²) in [5.74, 6) is 1.32. The number of ether oxygens (including phenoxy) is 1. The van der Waals surface area contributed by atoms with Crippen molar-refractivity contribution in [3.8, 4) is 0 Å². The van der Waals surface area contributed by atoms with Crippen molar-refractivity contribution in [3.05, 3.63) is 5.82 Å². The molecule has 22 heavy (non-hydrogen) atoms. The molecule has 2 rings (SSSR count). The fourth-order valence-corrected chi connectivity index (χ4v) is 2.37. The van der Waals surface area contributed by atoms with Gasteiger partial charge >= 0.3 is 7.60 Å². The van der Waals surface area contributed by atoms with E-state index in [9.17, 15) is 4.57 Å². The number of anilines is 2. The van der Waals surface area contributed by atoms with Gasteiger partial charge in [0.1, 0.15) is 17.7 Å². The standard InChI is InChI=1S/C11H19N6O4P/c1-6(21-5-22(18,19)20)4-7-13-8-9(14-7)15-11(12)16-10(8)17(2)3/h6H,4-5H2,1-3H3,(H2,18,19,20)(H3,12,13,14,15,16). The van der Waals surface area contributed by atoms with E-state index in [1.165, 1.54) is 0 Å². The van der Waals surface area contributed by atoms with Crippen molar-refractivity contribution in [3.63, 3.8) is 0 Å². The van der Waals surface area contributed by atoms with Gasteiger partial charge in [-0.3, -0.25) is 4.57 Å². The Bertz CT molecular complexity index is 712. The molecule has 1 unspecified atom stereocenters. The smallest absolute Gasteiger partial charge is 0.350 e. The SMILES string of the molecule is CC(Cc1nc2nc(N)nc(N(C)C)c2[nH]1)OCP(=O)(O)O. The van der Waals surface area contributed by atoms with E-state index in [1.807, 2.05) is 14.1 Å². The number of nitrogens with two attached hydrogens (primary N) is 1. The van der Waals surface area contributed by atoms with Crippen molar-refractivity contribution in [1.82, 2.24) is 19.9 Å². The van der Waals surface area contributed by atoms with Crippen LogP contribution in [0.2, 0.25) is 0 Å². The van der Waals surface area contributed by atoms with Crippen LogP contribution < -0.4 is 10.6 Å². The summed E-state index contributed by atoms with van der Waals surface area (Å²) in [5, 5.41) is 0. The summed E-state index contributed by atoms with van der Waals surface area (Å²) < 4.78 is 15.9. The lowest BCUT2D eigenvalue weighted by Gasteiger charge is -2.12. The number of hydrogen-bond donors (Lipinski definition) is 4. The Morgan fingerprint density at radius 3 is 2.64 bits per heavy atom. The van der Waals surface area contributed by atoms with Crippen molar-refractivity contribution in [2.45, 2.75) is 19.4 Å². The monoisotopic (exact) mass is 330 g/mol. The number of imidazole rings is 1. The van der Waals surface area contributed by atoms with Crippen LogP contribution in [0, 0.1) is 0 Å². The van der Waals surface area contributed by atoms with Gasteiger partial charge in [-0.25, -0.2) is 4.98 Å². The van der Waals surface area contributed by atoms with Crippen LogP contribution in [-0.4, -0.2) is 56.3 Å². The predicted molar refractivity (Wildman–Crippen MR) is 81.6 cm³/mol. The third kappa shape index (κ3) is 4.14. The van der Waals surface area contributed by atoms with E-state index in [4.69, 9.17) is 20.3 Å². The van der Waals surface area contributed by atoms with E-state index < -0.39 is 20.0 Å². The maximum absolute atomic E-state index is 10.8. The lowest BCUT2D eigenvalue weighted by atomic mass is 10.3. The first kappa shape index (κ1) is 16.6. The zero-order valence-corrected chi connectivity index (χ0v) is 13.4. The summed E-state index contributed by atoms with van der Waals surface area (Å²) in [4.78, 5) is 35.0. The van der Waals surface area contributed by atoms with Crippen LogP contribution in [0.1, 0.15) is 12.7 Å². The number of fused-ring (bicyclic) bond motifs is 1. The zero-order valence-electron chi connectivity index (χ0n) is 12.5. The fraction of sp³-hybridized carbons (Fsp3) is 0.545. The Hall–Kier alpha value is -1.74. The van der Waals surface area contributed by atoms with Gasteiger partial charge in [0.05, 0.1) is 6.10 Å². The van der Waals surface area contributed by atoms with Gasteiger partial charge in [-0.2, -0.15) is 9.97 Å². The van der Waals surface area contributed by atoms with Crippen LogP contribution >= 0.6 is 7.60 Å². The highest BCUT2D eigenvalue weighted by molar-refractivity contribution is 7.51. The minimum Gasteiger partial charge on any atom is -0.368 e. The van der Waals surface area contributed by atoms with Crippen LogP contribution in [-0.2, 0) is 15.7 Å². The number of aromatic amines is 1. The molecule has 0 saturated carbocycles. The topological polar surface area (TPSA) is 150 Å². The average molecular weight is 330 g/mol. The molecule has 0 amide bonds. The molecule has 0 aliphatic rings. The van der Waals surface area contributed by atoms with Crippen LogP contribution in [0.4, 0.5) is 11.8 Å². The van der Waals surface area contributed by atoms with Crippen LogP contribution in [0.5, 0.6) is 0 Å². The van der Waals surface area contributed by atoms with Crippen molar-refractivity contribution in [2.75, 3.05) is 31.1 Å². The number of aromatic nitrogens is 4. The van der Waals surface area contributed by atoms with Crippen molar-refractivity contribution >= 4 is 30.5 Å². The first-order chi connectivity index (χ1) is 10.2. The molecule has 0 aliphatic carbocycles. The summed E-state index contributed by atoms with van der Waals surface area (Å²) in [5.41, 5.74) is 6.74. The minimum absolute atomic E-state index is 0.125. The van der Waals surface area contributed by atoms with Crippen LogP contribution in [0.3, 0.4) is 0 Å². The molecule has 0 aliphatic heterocycles. The molecule has 0 radical (unpaired) electrons. The molecule has 10 nitrogen and oxygen atoms in total. The molecule has 1 atom stereocenters. The molecule has 0 saturated heterocycles. The van der Waals surface area contributed by atoms with E-state index in [0.29, 0.717) is 29.2 Å². The van der Waals surface area contributed by atoms with Crippen LogP contribution in [0.15, 0.2) is 0 Å². The second-order valence-electron chi connectivity index (χ2n) is 5.16. The second-order valence-corrected chi connectivity index (χ2v) is 6.74. The van der Waals surface area contributed by atoms with Gasteiger partial charge in [0.2, 0.25) is 5.95 Å². The molecular weight excluding hydrogens is 311 g/mol. The molecule has 2 aromatic rings. The lowest BCUT2D eigenvalue weighted by molar-refractivity contribution is 0.0874. The van der Waals surface area contributed by atoms with Crippen molar-refractivity contribution < 1.29 is 19.1 Å². The highest BCUT2D eigenvalue weighted by Gasteiger charge is 2.18. The average Bonchev–Trinajstić information content (AvgIpc) is 2.76. The molecule has 0 spiro atoms. The highest BCUT2D eigenvalue weighted by Crippen LogP contribution is 2.34. The fourth-order valence-electron chi connectivity index (χ4n) is 1.92. The Morgan fingerprint density at radius 2 is 2.05 bits per heavy atom. The molecule has 0 aromatic carbocycles. The Labute approximate surface area is 126 Å². The number of hydrogen-bond acceptors (Lipinski definition) is 7. The molecule has 5 N–H and O–H groups in total. The number of H-pyrrole nitrogens is 1. The van der Waals surface area contributed by atoms with E-state index in [2.05, 4.69) is 19.9 Å². The zero-order chi connectivity index (χ0) is 16.5. The van der Waals surface area contributed by atoms with Crippen LogP contribution in [0.25, 0.3) is 11.2 Å². The number of nitrogen functional groups attached to an aromatic ring is 1. The summed E-state index contributed by atoms with van der Waals surface area (Å²) in [6.45, 7) is 1.70. The van der Waals surface area contributed by atoms with Gasteiger partial charge in [-0.05, 0) is 6.92 Å². The summed E-state index contributed by atoms with van der Waals surface area (Å²) >= 11 is 0. The van der Waals surface area contributed by atoms with Gasteiger partial charge in [-0.1, -0.05) is 0 Å². The van der Waals surface area contributed by atoms with Gasteiger partial charge in [0.25, 0.3) is 0 Å². The highest BCUT2D eigenvalue weighted by atomic mass is 31.2. The van der Waals surface area contributed by atoms with E-state index >= 15 is 0 Å². The summed E-state index contributed by atoms with van der Waals surface area (Å²) in [7, 11) is -0.525. The van der Waals surface area contributed by atoms with E-state index in [1.54, 1.807) is 11.8 Å². The lowest BCUT2D eigenvalue weighted by Crippen LogP contribution is -2.14. The summed E-state index contributed by atoms with van der Waals surface area (Å²) in [6, 6.07) is 0. The third-order valence-electron chi connectivity index (χ3n) is 2.83. The van der Waals surface area contributed by atoms with Crippen molar-refractivity contribution in [1.29, 1.82) is 0 Å². The van der Waals surface area contributed by atoms with Crippen molar-refractivity contribution in [2.24, 2.45) is 0 Å². The quantitative estimate of drug-likeness (QED) is 0.540. The van der Waals surface area contributed by atoms with E-state index in [-0.39, 0.29) is 5.95 Å². The number of nitrogens with one attached hydrogen (secondary N) is 1. The number of rotatable bonds is 6. The third-order valence-corrected chi connectivity index (χ3v) is 3.32. The molecule has 0 bridgehead atoms. The Balaban J connectivity index is 2.19. The second kappa shape index (κ2) is 6.17. The first-order valence-electron chi connectivity index (χ1n) is 6.51. The normalized spacial score (nSPS) is 13.5. The maximum Gasteiger partial charge on any atom is 0.350 e. The summed E-state index contributed by atoms with van der Waals surface area (Å²) in [6.07, 6.45) is -0.686. The van der Waals surface area contributed by atoms with Gasteiger partial charge in [0.15, 0.2) is 11.5 Å². The molecule has 2 heterocycles. The molecule has 0 fully saturated rings. The van der Waals surface area contributed by atoms with E-state index in [0.717, 1.165) is 0 Å². The molecule has 11 heteroatoms. The minimum atomic E-state index is -4.18. The molecule has 122 valence electrons. The molecule has 2 aromatic heterocycles.